The first-order valence-electron chi connectivity index (χ1n) is 5.77. The van der Waals surface area contributed by atoms with Gasteiger partial charge < -0.3 is 14.8 Å². The highest BCUT2D eigenvalue weighted by Crippen LogP contribution is 2.03. The SMILES string of the molecule is CC(=O)CCCN1CCN(CCO)CC1. The highest BCUT2D eigenvalue weighted by atomic mass is 16.3. The van der Waals surface area contributed by atoms with E-state index in [0.717, 1.165) is 45.7 Å². The summed E-state index contributed by atoms with van der Waals surface area (Å²) in [5.74, 6) is 0.286. The Morgan fingerprint density at radius 1 is 1.13 bits per heavy atom. The van der Waals surface area contributed by atoms with Crippen molar-refractivity contribution in [3.63, 3.8) is 0 Å². The molecule has 1 fully saturated rings. The number of hydrogen-bond donors (Lipinski definition) is 1. The van der Waals surface area contributed by atoms with Gasteiger partial charge in [0.2, 0.25) is 0 Å². The molecule has 4 heteroatoms. The lowest BCUT2D eigenvalue weighted by Gasteiger charge is -2.34. The molecule has 0 aromatic carbocycles. The largest absolute Gasteiger partial charge is 0.395 e. The van der Waals surface area contributed by atoms with Crippen LogP contribution >= 0.6 is 0 Å². The summed E-state index contributed by atoms with van der Waals surface area (Å²) in [6.45, 7) is 7.95. The van der Waals surface area contributed by atoms with Gasteiger partial charge >= 0.3 is 0 Å². The summed E-state index contributed by atoms with van der Waals surface area (Å²) in [5.41, 5.74) is 0. The standard InChI is InChI=1S/C11H22N2O2/c1-11(15)3-2-4-12-5-7-13(8-6-12)9-10-14/h14H,2-10H2,1H3. The minimum atomic E-state index is 0.254. The molecule has 0 aromatic rings. The van der Waals surface area contributed by atoms with Gasteiger partial charge in [-0.25, -0.2) is 0 Å². The molecular formula is C11H22N2O2. The molecule has 0 unspecified atom stereocenters. The number of carbonyl (C=O) groups is 1. The maximum Gasteiger partial charge on any atom is 0.129 e. The van der Waals surface area contributed by atoms with Gasteiger partial charge in [-0.15, -0.1) is 0 Å². The molecule has 15 heavy (non-hydrogen) atoms. The number of piperazine rings is 1. The third-order valence-electron chi connectivity index (χ3n) is 2.88. The predicted octanol–water partition coefficient (Wildman–Crippen LogP) is -0.0345. The van der Waals surface area contributed by atoms with Gasteiger partial charge in [0, 0.05) is 39.1 Å². The fourth-order valence-electron chi connectivity index (χ4n) is 1.93. The van der Waals surface area contributed by atoms with Crippen molar-refractivity contribution in [2.45, 2.75) is 19.8 Å². The zero-order valence-corrected chi connectivity index (χ0v) is 9.61. The van der Waals surface area contributed by atoms with E-state index in [0.29, 0.717) is 6.42 Å². The molecule has 1 heterocycles. The van der Waals surface area contributed by atoms with Crippen LogP contribution in [0.2, 0.25) is 0 Å². The molecule has 4 nitrogen and oxygen atoms in total. The summed E-state index contributed by atoms with van der Waals surface area (Å²) < 4.78 is 0. The van der Waals surface area contributed by atoms with Gasteiger partial charge in [0.15, 0.2) is 0 Å². The first kappa shape index (κ1) is 12.6. The third-order valence-corrected chi connectivity index (χ3v) is 2.88. The molecule has 1 N–H and O–H groups in total. The summed E-state index contributed by atoms with van der Waals surface area (Å²) >= 11 is 0. The van der Waals surface area contributed by atoms with Crippen LogP contribution in [0.4, 0.5) is 0 Å². The molecule has 88 valence electrons. The minimum absolute atomic E-state index is 0.254. The average Bonchev–Trinajstić information content (AvgIpc) is 2.20. The molecular weight excluding hydrogens is 192 g/mol. The monoisotopic (exact) mass is 214 g/mol. The second-order valence-corrected chi connectivity index (χ2v) is 4.21. The van der Waals surface area contributed by atoms with E-state index in [1.165, 1.54) is 0 Å². The number of hydrogen-bond acceptors (Lipinski definition) is 4. The number of rotatable bonds is 6. The highest BCUT2D eigenvalue weighted by Gasteiger charge is 2.15. The smallest absolute Gasteiger partial charge is 0.129 e. The van der Waals surface area contributed by atoms with Crippen molar-refractivity contribution < 1.29 is 9.90 Å². The number of aliphatic hydroxyl groups is 1. The minimum Gasteiger partial charge on any atom is -0.395 e. The predicted molar refractivity (Wildman–Crippen MR) is 59.9 cm³/mol. The first-order valence-corrected chi connectivity index (χ1v) is 5.77. The number of Topliss-reactive ketones (excluding diaryl/α,β-unsaturated/α-hetero) is 1. The Hall–Kier alpha value is -0.450. The van der Waals surface area contributed by atoms with E-state index in [4.69, 9.17) is 5.11 Å². The van der Waals surface area contributed by atoms with Crippen molar-refractivity contribution in [2.24, 2.45) is 0 Å². The second-order valence-electron chi connectivity index (χ2n) is 4.21. The van der Waals surface area contributed by atoms with E-state index in [1.807, 2.05) is 0 Å². The van der Waals surface area contributed by atoms with Crippen LogP contribution in [0.5, 0.6) is 0 Å². The van der Waals surface area contributed by atoms with Crippen molar-refractivity contribution in [3.8, 4) is 0 Å². The summed E-state index contributed by atoms with van der Waals surface area (Å²) in [7, 11) is 0. The summed E-state index contributed by atoms with van der Waals surface area (Å²) in [6, 6.07) is 0. The fraction of sp³-hybridized carbons (Fsp3) is 0.909. The van der Waals surface area contributed by atoms with E-state index >= 15 is 0 Å². The summed E-state index contributed by atoms with van der Waals surface area (Å²) in [6.07, 6.45) is 1.69. The van der Waals surface area contributed by atoms with Crippen LogP contribution in [0, 0.1) is 0 Å². The van der Waals surface area contributed by atoms with Gasteiger partial charge in [-0.2, -0.15) is 0 Å². The molecule has 1 aliphatic rings. The Kier molecular flexibility index (Phi) is 5.83. The number of ketones is 1. The Morgan fingerprint density at radius 3 is 2.13 bits per heavy atom. The van der Waals surface area contributed by atoms with Crippen LogP contribution in [0.1, 0.15) is 19.8 Å². The Labute approximate surface area is 91.9 Å². The van der Waals surface area contributed by atoms with Crippen LogP contribution in [-0.2, 0) is 4.79 Å². The summed E-state index contributed by atoms with van der Waals surface area (Å²) in [5, 5.41) is 8.79. The number of nitrogens with zero attached hydrogens (tertiary/aromatic N) is 2. The van der Waals surface area contributed by atoms with Crippen molar-refractivity contribution in [2.75, 3.05) is 45.9 Å². The quantitative estimate of drug-likeness (QED) is 0.674. The molecule has 0 aromatic heterocycles. The van der Waals surface area contributed by atoms with E-state index in [1.54, 1.807) is 6.92 Å². The Balaban J connectivity index is 2.06. The lowest BCUT2D eigenvalue weighted by molar-refractivity contribution is -0.117. The highest BCUT2D eigenvalue weighted by molar-refractivity contribution is 5.75. The molecule has 0 spiro atoms. The van der Waals surface area contributed by atoms with E-state index < -0.39 is 0 Å². The van der Waals surface area contributed by atoms with Crippen molar-refractivity contribution >= 4 is 5.78 Å². The van der Waals surface area contributed by atoms with Crippen LogP contribution in [-0.4, -0.2) is 66.6 Å². The van der Waals surface area contributed by atoms with Crippen LogP contribution in [0.15, 0.2) is 0 Å². The van der Waals surface area contributed by atoms with Crippen LogP contribution in [0.3, 0.4) is 0 Å². The maximum absolute atomic E-state index is 10.8. The molecule has 0 saturated carbocycles. The Bertz CT molecular complexity index is 189. The molecule has 1 saturated heterocycles. The molecule has 0 aliphatic carbocycles. The van der Waals surface area contributed by atoms with Crippen molar-refractivity contribution in [3.05, 3.63) is 0 Å². The molecule has 0 atom stereocenters. The zero-order chi connectivity index (χ0) is 11.1. The van der Waals surface area contributed by atoms with Crippen molar-refractivity contribution in [1.29, 1.82) is 0 Å². The molecule has 1 aliphatic heterocycles. The van der Waals surface area contributed by atoms with Crippen LogP contribution < -0.4 is 0 Å². The van der Waals surface area contributed by atoms with E-state index in [-0.39, 0.29) is 12.4 Å². The molecule has 1 rings (SSSR count). The first-order chi connectivity index (χ1) is 7.22. The van der Waals surface area contributed by atoms with Gasteiger partial charge in [0.05, 0.1) is 6.61 Å². The Morgan fingerprint density at radius 2 is 1.67 bits per heavy atom. The zero-order valence-electron chi connectivity index (χ0n) is 9.61. The molecule has 0 amide bonds. The van der Waals surface area contributed by atoms with E-state index in [9.17, 15) is 4.79 Å². The lowest BCUT2D eigenvalue weighted by Crippen LogP contribution is -2.47. The van der Waals surface area contributed by atoms with Gasteiger partial charge in [-0.1, -0.05) is 0 Å². The maximum atomic E-state index is 10.8. The molecule has 0 bridgehead atoms. The average molecular weight is 214 g/mol. The van der Waals surface area contributed by atoms with Crippen molar-refractivity contribution in [1.82, 2.24) is 9.80 Å². The normalized spacial score (nSPS) is 19.3. The number of β-amino-alcohol motifs (C(OH)–C–C–N with tert-alkyl or cyclic N) is 1. The van der Waals surface area contributed by atoms with E-state index in [2.05, 4.69) is 9.80 Å². The van der Waals surface area contributed by atoms with Gasteiger partial charge in [-0.3, -0.25) is 4.90 Å². The lowest BCUT2D eigenvalue weighted by atomic mass is 10.2. The fourth-order valence-corrected chi connectivity index (χ4v) is 1.93. The van der Waals surface area contributed by atoms with Gasteiger partial charge in [-0.05, 0) is 19.9 Å². The second kappa shape index (κ2) is 6.93. The van der Waals surface area contributed by atoms with Gasteiger partial charge in [0.1, 0.15) is 5.78 Å². The summed E-state index contributed by atoms with van der Waals surface area (Å²) in [4.78, 5) is 15.4. The van der Waals surface area contributed by atoms with Crippen LogP contribution in [0.25, 0.3) is 0 Å². The number of aliphatic hydroxyl groups excluding tert-OH is 1. The third kappa shape index (κ3) is 5.25. The number of carbonyl (C=O) groups excluding carboxylic acids is 1. The topological polar surface area (TPSA) is 43.8 Å². The molecule has 0 radical (unpaired) electrons. The van der Waals surface area contributed by atoms with Gasteiger partial charge in [0.25, 0.3) is 0 Å².